The molecule has 0 aliphatic carbocycles. The molecule has 184 valence electrons. The van der Waals surface area contributed by atoms with E-state index in [9.17, 15) is 4.79 Å². The minimum Gasteiger partial charge on any atom is -0.465 e. The molecule has 2 saturated heterocycles. The first-order valence-corrected chi connectivity index (χ1v) is 13.8. The predicted molar refractivity (Wildman–Crippen MR) is 132 cm³/mol. The molecule has 2 fully saturated rings. The van der Waals surface area contributed by atoms with E-state index in [1.807, 2.05) is 26.0 Å². The Morgan fingerprint density at radius 2 is 1.50 bits per heavy atom. The number of hydrogen-bond donors (Lipinski definition) is 0. The van der Waals surface area contributed by atoms with Crippen LogP contribution < -0.4 is 10.4 Å². The van der Waals surface area contributed by atoms with Crippen LogP contribution in [0.2, 0.25) is 5.04 Å². The van der Waals surface area contributed by atoms with Gasteiger partial charge in [-0.1, -0.05) is 81.4 Å². The van der Waals surface area contributed by atoms with E-state index in [1.165, 1.54) is 17.3 Å². The summed E-state index contributed by atoms with van der Waals surface area (Å²) in [5.41, 5.74) is 0. The summed E-state index contributed by atoms with van der Waals surface area (Å²) in [5.74, 6) is -1.25. The Labute approximate surface area is 203 Å². The lowest BCUT2D eigenvalue weighted by Gasteiger charge is -2.43. The number of fused-ring (bicyclic) bond motifs is 1. The third kappa shape index (κ3) is 4.85. The number of benzene rings is 2. The maximum Gasteiger partial charge on any atom is 0.302 e. The van der Waals surface area contributed by atoms with E-state index in [4.69, 9.17) is 23.4 Å². The zero-order chi connectivity index (χ0) is 24.6. The third-order valence-electron chi connectivity index (χ3n) is 6.66. The van der Waals surface area contributed by atoms with Gasteiger partial charge in [0.15, 0.2) is 12.1 Å². The van der Waals surface area contributed by atoms with E-state index < -0.39 is 20.4 Å². The van der Waals surface area contributed by atoms with Crippen molar-refractivity contribution in [3.63, 3.8) is 0 Å². The van der Waals surface area contributed by atoms with Crippen LogP contribution in [0.1, 0.15) is 41.5 Å². The lowest BCUT2D eigenvalue weighted by atomic mass is 10.00. The van der Waals surface area contributed by atoms with E-state index in [0.717, 1.165) is 0 Å². The second-order valence-corrected chi connectivity index (χ2v) is 14.9. The van der Waals surface area contributed by atoms with Crippen molar-refractivity contribution in [1.82, 2.24) is 0 Å². The summed E-state index contributed by atoms with van der Waals surface area (Å²) in [6.45, 7) is 12.4. The van der Waals surface area contributed by atoms with Crippen molar-refractivity contribution in [2.75, 3.05) is 13.2 Å². The predicted octanol–water partition coefficient (Wildman–Crippen LogP) is 3.62. The summed E-state index contributed by atoms with van der Waals surface area (Å²) in [6, 6.07) is 21.0. The quantitative estimate of drug-likeness (QED) is 0.442. The zero-order valence-corrected chi connectivity index (χ0v) is 21.9. The number of carbonyl (C=O) groups excluding carboxylic acids is 1. The molecule has 4 rings (SSSR count). The molecule has 2 aliphatic heterocycles. The Balaban J connectivity index is 1.66. The highest BCUT2D eigenvalue weighted by atomic mass is 28.4. The van der Waals surface area contributed by atoms with Crippen LogP contribution in [0.3, 0.4) is 0 Å². The zero-order valence-electron chi connectivity index (χ0n) is 20.9. The van der Waals surface area contributed by atoms with Crippen molar-refractivity contribution >= 4 is 24.7 Å². The van der Waals surface area contributed by atoms with Gasteiger partial charge in [0, 0.05) is 6.92 Å². The molecule has 0 radical (unpaired) electrons. The van der Waals surface area contributed by atoms with Crippen LogP contribution in [0.15, 0.2) is 60.7 Å². The molecule has 34 heavy (non-hydrogen) atoms. The van der Waals surface area contributed by atoms with Crippen LogP contribution in [0.5, 0.6) is 0 Å². The fourth-order valence-electron chi connectivity index (χ4n) is 5.18. The molecule has 6 nitrogen and oxygen atoms in total. The molecule has 2 heterocycles. The smallest absolute Gasteiger partial charge is 0.302 e. The van der Waals surface area contributed by atoms with Gasteiger partial charge >= 0.3 is 5.97 Å². The first kappa shape index (κ1) is 25.1. The van der Waals surface area contributed by atoms with Gasteiger partial charge in [-0.15, -0.1) is 0 Å². The molecule has 0 bridgehead atoms. The monoisotopic (exact) mass is 484 g/mol. The van der Waals surface area contributed by atoms with E-state index in [0.29, 0.717) is 6.61 Å². The summed E-state index contributed by atoms with van der Waals surface area (Å²) in [7, 11) is -2.73. The molecule has 0 spiro atoms. The van der Waals surface area contributed by atoms with Crippen LogP contribution in [0.4, 0.5) is 0 Å². The summed E-state index contributed by atoms with van der Waals surface area (Å²) < 4.78 is 30.9. The Bertz CT molecular complexity index is 932. The first-order valence-electron chi connectivity index (χ1n) is 11.9. The molecule has 2 aromatic rings. The van der Waals surface area contributed by atoms with Gasteiger partial charge in [0.05, 0.1) is 25.2 Å². The van der Waals surface area contributed by atoms with Crippen LogP contribution in [0, 0.1) is 5.92 Å². The van der Waals surface area contributed by atoms with Gasteiger partial charge in [0.1, 0.15) is 6.10 Å². The molecule has 0 N–H and O–H groups in total. The molecule has 7 heteroatoms. The summed E-state index contributed by atoms with van der Waals surface area (Å²) in [6.07, 6.45) is -1.16. The molecule has 0 amide bonds. The Morgan fingerprint density at radius 3 is 2.00 bits per heavy atom. The average molecular weight is 485 g/mol. The van der Waals surface area contributed by atoms with E-state index >= 15 is 0 Å². The Morgan fingerprint density at radius 1 is 0.941 bits per heavy atom. The minimum atomic E-state index is -2.73. The van der Waals surface area contributed by atoms with Gasteiger partial charge in [-0.05, 0) is 29.3 Å². The van der Waals surface area contributed by atoms with Crippen LogP contribution in [-0.2, 0) is 28.2 Å². The number of esters is 1. The topological polar surface area (TPSA) is 63.2 Å². The average Bonchev–Trinajstić information content (AvgIpc) is 3.24. The highest BCUT2D eigenvalue weighted by molar-refractivity contribution is 6.99. The number of hydrogen-bond acceptors (Lipinski definition) is 6. The molecule has 0 aromatic heterocycles. The first-order chi connectivity index (χ1) is 16.0. The van der Waals surface area contributed by atoms with Crippen LogP contribution in [0.25, 0.3) is 0 Å². The van der Waals surface area contributed by atoms with Gasteiger partial charge in [-0.25, -0.2) is 0 Å². The summed E-state index contributed by atoms with van der Waals surface area (Å²) >= 11 is 0. The van der Waals surface area contributed by atoms with Crippen molar-refractivity contribution in [3.05, 3.63) is 60.7 Å². The number of carbonyl (C=O) groups is 1. The fraction of sp³-hybridized carbons (Fsp3) is 0.519. The van der Waals surface area contributed by atoms with Crippen LogP contribution >= 0.6 is 0 Å². The number of ether oxygens (including phenoxy) is 4. The maximum absolute atomic E-state index is 11.6. The Kier molecular flexibility index (Phi) is 7.04. The molecule has 0 saturated carbocycles. The van der Waals surface area contributed by atoms with Gasteiger partial charge < -0.3 is 23.4 Å². The van der Waals surface area contributed by atoms with Crippen LogP contribution in [-0.4, -0.2) is 51.8 Å². The summed E-state index contributed by atoms with van der Waals surface area (Å²) in [5, 5.41) is 2.26. The van der Waals surface area contributed by atoms with Crippen molar-refractivity contribution in [1.29, 1.82) is 0 Å². The van der Waals surface area contributed by atoms with E-state index in [1.54, 1.807) is 0 Å². The van der Waals surface area contributed by atoms with Crippen molar-refractivity contribution in [2.45, 2.75) is 70.9 Å². The standard InChI is InChI=1S/C27H36O6Si/c1-19(28)29-17-22-23(31-25-24(22)32-27(5,6)33-25)18-30-34(26(2,3)4,20-13-9-7-10-14-20)21-15-11-8-12-16-21/h7-16,22-25H,17-18H2,1-6H3. The lowest BCUT2D eigenvalue weighted by molar-refractivity contribution is -0.214. The minimum absolute atomic E-state index is 0.148. The van der Waals surface area contributed by atoms with Gasteiger partial charge in [-0.3, -0.25) is 4.79 Å². The molecule has 2 aromatic carbocycles. The Hall–Kier alpha value is -2.03. The van der Waals surface area contributed by atoms with Gasteiger partial charge in [0.25, 0.3) is 8.32 Å². The van der Waals surface area contributed by atoms with E-state index in [-0.39, 0.29) is 35.7 Å². The normalized spacial score (nSPS) is 26.3. The molecule has 2 aliphatic rings. The third-order valence-corrected chi connectivity index (χ3v) is 11.7. The number of rotatable bonds is 7. The van der Waals surface area contributed by atoms with Gasteiger partial charge in [0.2, 0.25) is 0 Å². The second-order valence-electron chi connectivity index (χ2n) is 10.6. The highest BCUT2D eigenvalue weighted by Gasteiger charge is 2.56. The fourth-order valence-corrected chi connectivity index (χ4v) is 9.75. The van der Waals surface area contributed by atoms with Gasteiger partial charge in [-0.2, -0.15) is 0 Å². The molecular formula is C27H36O6Si. The summed E-state index contributed by atoms with van der Waals surface area (Å²) in [4.78, 5) is 11.6. The van der Waals surface area contributed by atoms with Crippen molar-refractivity contribution < 1.29 is 28.2 Å². The molecular weight excluding hydrogens is 448 g/mol. The largest absolute Gasteiger partial charge is 0.465 e. The maximum atomic E-state index is 11.6. The van der Waals surface area contributed by atoms with Crippen molar-refractivity contribution in [3.8, 4) is 0 Å². The lowest BCUT2D eigenvalue weighted by Crippen LogP contribution is -2.67. The SMILES string of the molecule is CC(=O)OCC1C(CO[Si](c2ccccc2)(c2ccccc2)C(C)(C)C)OC2OC(C)(C)OC21. The van der Waals surface area contributed by atoms with E-state index in [2.05, 4.69) is 69.3 Å². The molecule has 4 atom stereocenters. The van der Waals surface area contributed by atoms with Crippen molar-refractivity contribution in [2.24, 2.45) is 5.92 Å². The second kappa shape index (κ2) is 9.55. The highest BCUT2D eigenvalue weighted by Crippen LogP contribution is 2.42. The molecule has 4 unspecified atom stereocenters.